The van der Waals surface area contributed by atoms with Crippen molar-refractivity contribution < 1.29 is 0 Å². The number of hydrogen-bond acceptors (Lipinski definition) is 6. The van der Waals surface area contributed by atoms with Gasteiger partial charge in [-0.1, -0.05) is 6.92 Å². The van der Waals surface area contributed by atoms with Crippen LogP contribution in [0.1, 0.15) is 31.2 Å². The number of thioether (sulfide) groups is 1. The molecule has 0 amide bonds. The van der Waals surface area contributed by atoms with Crippen molar-refractivity contribution in [3.05, 3.63) is 11.4 Å². The third-order valence-electron chi connectivity index (χ3n) is 3.56. The predicted octanol–water partition coefficient (Wildman–Crippen LogP) is 1.96. The molecule has 19 heavy (non-hydrogen) atoms. The van der Waals surface area contributed by atoms with E-state index in [2.05, 4.69) is 29.3 Å². The van der Waals surface area contributed by atoms with Gasteiger partial charge in [0, 0.05) is 30.8 Å². The summed E-state index contributed by atoms with van der Waals surface area (Å²) in [6, 6.07) is 0.568. The van der Waals surface area contributed by atoms with Crippen LogP contribution in [0.2, 0.25) is 0 Å². The number of aryl methyl sites for hydroxylation is 1. The molecular weight excluding hydrogens is 258 g/mol. The van der Waals surface area contributed by atoms with Crippen LogP contribution in [0.5, 0.6) is 0 Å². The van der Waals surface area contributed by atoms with Gasteiger partial charge in [-0.2, -0.15) is 11.8 Å². The average molecular weight is 281 g/mol. The quantitative estimate of drug-likeness (QED) is 0.635. The van der Waals surface area contributed by atoms with Gasteiger partial charge < -0.3 is 10.3 Å². The van der Waals surface area contributed by atoms with Crippen LogP contribution in [0.4, 0.5) is 11.6 Å². The van der Waals surface area contributed by atoms with Crippen LogP contribution in [0.3, 0.4) is 0 Å². The van der Waals surface area contributed by atoms with Crippen LogP contribution < -0.4 is 16.2 Å². The normalized spacial score (nSPS) is 18.6. The molecule has 1 aromatic rings. The van der Waals surface area contributed by atoms with E-state index >= 15 is 0 Å². The van der Waals surface area contributed by atoms with E-state index in [1.807, 2.05) is 18.7 Å². The molecule has 1 atom stereocenters. The molecule has 106 valence electrons. The second-order valence-corrected chi connectivity index (χ2v) is 6.11. The molecule has 6 heteroatoms. The number of nitrogens with zero attached hydrogens (tertiary/aromatic N) is 3. The maximum absolute atomic E-state index is 5.58. The first kappa shape index (κ1) is 14.4. The lowest BCUT2D eigenvalue weighted by atomic mass is 10.2. The highest BCUT2D eigenvalue weighted by molar-refractivity contribution is 7.99. The van der Waals surface area contributed by atoms with E-state index in [4.69, 9.17) is 10.8 Å². The maximum atomic E-state index is 5.58. The molecule has 5 nitrogen and oxygen atoms in total. The van der Waals surface area contributed by atoms with E-state index in [0.717, 1.165) is 35.9 Å². The van der Waals surface area contributed by atoms with Crippen molar-refractivity contribution in [2.24, 2.45) is 5.84 Å². The Kier molecular flexibility index (Phi) is 4.87. The summed E-state index contributed by atoms with van der Waals surface area (Å²) in [5, 5.41) is 0. The zero-order valence-corrected chi connectivity index (χ0v) is 12.8. The Morgan fingerprint density at radius 1 is 1.47 bits per heavy atom. The molecule has 1 unspecified atom stereocenters. The first-order valence-corrected chi connectivity index (χ1v) is 7.97. The number of hydrazine groups is 1. The predicted molar refractivity (Wildman–Crippen MR) is 82.7 cm³/mol. The zero-order valence-electron chi connectivity index (χ0n) is 11.9. The summed E-state index contributed by atoms with van der Waals surface area (Å²) in [6.07, 6.45) is 3.14. The molecule has 1 saturated heterocycles. The molecule has 2 rings (SSSR count). The molecule has 0 radical (unpaired) electrons. The van der Waals surface area contributed by atoms with Crippen LogP contribution in [-0.2, 0) is 6.42 Å². The lowest BCUT2D eigenvalue weighted by Crippen LogP contribution is -2.33. The van der Waals surface area contributed by atoms with E-state index in [-0.39, 0.29) is 0 Å². The van der Waals surface area contributed by atoms with Crippen molar-refractivity contribution >= 4 is 23.4 Å². The highest BCUT2D eigenvalue weighted by Gasteiger charge is 2.23. The highest BCUT2D eigenvalue weighted by atomic mass is 32.2. The number of hydrogen-bond donors (Lipinski definition) is 2. The molecule has 2 heterocycles. The summed E-state index contributed by atoms with van der Waals surface area (Å²) >= 11 is 2.01. The van der Waals surface area contributed by atoms with Crippen LogP contribution in [-0.4, -0.2) is 34.6 Å². The molecule has 3 N–H and O–H groups in total. The molecule has 0 spiro atoms. The summed E-state index contributed by atoms with van der Waals surface area (Å²) in [4.78, 5) is 11.5. The van der Waals surface area contributed by atoms with E-state index in [1.165, 1.54) is 17.9 Å². The third-order valence-corrected chi connectivity index (χ3v) is 4.71. The van der Waals surface area contributed by atoms with E-state index in [9.17, 15) is 0 Å². The Hall–Kier alpha value is -1.01. The number of nitrogen functional groups attached to an aromatic ring is 1. The molecule has 1 aliphatic heterocycles. The van der Waals surface area contributed by atoms with Crippen molar-refractivity contribution in [3.8, 4) is 0 Å². The monoisotopic (exact) mass is 281 g/mol. The Morgan fingerprint density at radius 3 is 2.84 bits per heavy atom. The molecular formula is C13H23N5S. The Bertz CT molecular complexity index is 431. The number of rotatable bonds is 5. The van der Waals surface area contributed by atoms with Gasteiger partial charge in [0.05, 0.1) is 0 Å². The van der Waals surface area contributed by atoms with Crippen LogP contribution in [0.15, 0.2) is 0 Å². The summed E-state index contributed by atoms with van der Waals surface area (Å²) in [5.74, 6) is 10.6. The minimum Gasteiger partial charge on any atom is -0.355 e. The van der Waals surface area contributed by atoms with E-state index in [0.29, 0.717) is 6.04 Å². The van der Waals surface area contributed by atoms with Gasteiger partial charge >= 0.3 is 0 Å². The third kappa shape index (κ3) is 3.12. The van der Waals surface area contributed by atoms with Crippen LogP contribution >= 0.6 is 11.8 Å². The Balaban J connectivity index is 2.33. The lowest BCUT2D eigenvalue weighted by Gasteiger charge is -2.27. The minimum atomic E-state index is 0.568. The van der Waals surface area contributed by atoms with Gasteiger partial charge in [-0.05, 0) is 25.5 Å². The topological polar surface area (TPSA) is 67.1 Å². The maximum Gasteiger partial charge on any atom is 0.148 e. The van der Waals surface area contributed by atoms with Crippen LogP contribution in [0.25, 0.3) is 0 Å². The van der Waals surface area contributed by atoms with Gasteiger partial charge in [0.1, 0.15) is 17.5 Å². The molecule has 1 fully saturated rings. The molecule has 0 aromatic carbocycles. The second-order valence-electron chi connectivity index (χ2n) is 4.96. The van der Waals surface area contributed by atoms with Crippen molar-refractivity contribution in [1.82, 2.24) is 9.97 Å². The van der Waals surface area contributed by atoms with Gasteiger partial charge in [0.15, 0.2) is 0 Å². The van der Waals surface area contributed by atoms with Gasteiger partial charge in [0.2, 0.25) is 0 Å². The first-order chi connectivity index (χ1) is 9.17. The largest absolute Gasteiger partial charge is 0.355 e. The number of nitrogens with two attached hydrogens (primary N) is 1. The van der Waals surface area contributed by atoms with Crippen molar-refractivity contribution in [3.63, 3.8) is 0 Å². The summed E-state index contributed by atoms with van der Waals surface area (Å²) in [6.45, 7) is 4.16. The Labute approximate surface area is 119 Å². The fourth-order valence-corrected chi connectivity index (χ4v) is 3.64. The average Bonchev–Trinajstić information content (AvgIpc) is 2.94. The zero-order chi connectivity index (χ0) is 13.8. The SMILES string of the molecule is CCCc1nc(NN)c(C)c(N(C)C2CCSC2)n1. The molecule has 1 aliphatic rings. The molecule has 0 saturated carbocycles. The van der Waals surface area contributed by atoms with E-state index in [1.54, 1.807) is 0 Å². The highest BCUT2D eigenvalue weighted by Crippen LogP contribution is 2.29. The summed E-state index contributed by atoms with van der Waals surface area (Å²) in [5.41, 5.74) is 3.73. The minimum absolute atomic E-state index is 0.568. The van der Waals surface area contributed by atoms with Crippen LogP contribution in [0, 0.1) is 6.92 Å². The fraction of sp³-hybridized carbons (Fsp3) is 0.692. The summed E-state index contributed by atoms with van der Waals surface area (Å²) in [7, 11) is 2.13. The summed E-state index contributed by atoms with van der Waals surface area (Å²) < 4.78 is 0. The molecule has 0 bridgehead atoms. The van der Waals surface area contributed by atoms with Crippen molar-refractivity contribution in [1.29, 1.82) is 0 Å². The Morgan fingerprint density at radius 2 is 2.26 bits per heavy atom. The number of anilines is 2. The van der Waals surface area contributed by atoms with Gasteiger partial charge in [-0.3, -0.25) is 0 Å². The second kappa shape index (κ2) is 6.43. The van der Waals surface area contributed by atoms with Gasteiger partial charge in [0.25, 0.3) is 0 Å². The lowest BCUT2D eigenvalue weighted by molar-refractivity contribution is 0.683. The van der Waals surface area contributed by atoms with Crippen molar-refractivity contribution in [2.75, 3.05) is 28.9 Å². The fourth-order valence-electron chi connectivity index (χ4n) is 2.37. The molecule has 1 aromatic heterocycles. The smallest absolute Gasteiger partial charge is 0.148 e. The molecule has 0 aliphatic carbocycles. The van der Waals surface area contributed by atoms with Crippen molar-refractivity contribution in [2.45, 2.75) is 39.2 Å². The van der Waals surface area contributed by atoms with Gasteiger partial charge in [-0.25, -0.2) is 15.8 Å². The standard InChI is InChI=1S/C13H23N5S/c1-4-5-11-15-12(17-14)9(2)13(16-11)18(3)10-6-7-19-8-10/h10H,4-8,14H2,1-3H3,(H,15,16,17). The number of aromatic nitrogens is 2. The van der Waals surface area contributed by atoms with Gasteiger partial charge in [-0.15, -0.1) is 0 Å². The van der Waals surface area contributed by atoms with E-state index < -0.39 is 0 Å². The first-order valence-electron chi connectivity index (χ1n) is 6.82. The number of nitrogens with one attached hydrogen (secondary N) is 1.